The van der Waals surface area contributed by atoms with Gasteiger partial charge in [-0.25, -0.2) is 12.7 Å². The Morgan fingerprint density at radius 3 is 2.67 bits per heavy atom. The van der Waals surface area contributed by atoms with Crippen molar-refractivity contribution < 1.29 is 22.7 Å². The van der Waals surface area contributed by atoms with Crippen molar-refractivity contribution >= 4 is 21.6 Å². The van der Waals surface area contributed by atoms with Crippen LogP contribution in [0.4, 0.5) is 5.69 Å². The van der Waals surface area contributed by atoms with Crippen LogP contribution in [0, 0.1) is 5.92 Å². The number of nitrogens with one attached hydrogen (secondary N) is 1. The number of para-hydroxylation sites is 2. The van der Waals surface area contributed by atoms with Gasteiger partial charge in [0.15, 0.2) is 0 Å². The molecule has 0 saturated carbocycles. The molecule has 1 amide bonds. The Hall–Kier alpha value is -1.64. The summed E-state index contributed by atoms with van der Waals surface area (Å²) in [4.78, 5) is 12.8. The number of hydrogen-bond donors (Lipinski definition) is 1. The summed E-state index contributed by atoms with van der Waals surface area (Å²) in [5.41, 5.74) is 0.649. The summed E-state index contributed by atoms with van der Waals surface area (Å²) in [6, 6.07) is 7.43. The lowest BCUT2D eigenvalue weighted by molar-refractivity contribution is -0.120. The second-order valence-corrected chi connectivity index (χ2v) is 10.2. The maximum Gasteiger partial charge on any atom is 0.227 e. The van der Waals surface area contributed by atoms with Crippen molar-refractivity contribution in [3.63, 3.8) is 0 Å². The molecule has 7 nitrogen and oxygen atoms in total. The minimum atomic E-state index is -3.21. The van der Waals surface area contributed by atoms with E-state index in [1.54, 1.807) is 0 Å². The number of sulfonamides is 1. The molecule has 1 unspecified atom stereocenters. The van der Waals surface area contributed by atoms with Crippen molar-refractivity contribution in [1.29, 1.82) is 0 Å². The van der Waals surface area contributed by atoms with Gasteiger partial charge in [-0.3, -0.25) is 4.79 Å². The second kappa shape index (κ2) is 11.1. The second-order valence-electron chi connectivity index (χ2n) is 8.13. The number of carbonyl (C=O) groups excluding carboxylic acids is 1. The molecule has 30 heavy (non-hydrogen) atoms. The first-order chi connectivity index (χ1) is 14.5. The molecule has 8 heteroatoms. The molecule has 0 bridgehead atoms. The molecular formula is C22H34N2O5S. The molecular weight excluding hydrogens is 404 g/mol. The maximum absolute atomic E-state index is 12.8. The van der Waals surface area contributed by atoms with E-state index in [4.69, 9.17) is 9.47 Å². The third-order valence-electron chi connectivity index (χ3n) is 5.82. The van der Waals surface area contributed by atoms with E-state index in [1.807, 2.05) is 31.2 Å². The molecule has 1 N–H and O–H groups in total. The Labute approximate surface area is 180 Å². The molecule has 0 aromatic heterocycles. The lowest BCUT2D eigenvalue weighted by atomic mass is 9.97. The van der Waals surface area contributed by atoms with Gasteiger partial charge in [-0.05, 0) is 50.7 Å². The fourth-order valence-corrected chi connectivity index (χ4v) is 5.58. The highest BCUT2D eigenvalue weighted by Crippen LogP contribution is 2.27. The van der Waals surface area contributed by atoms with Crippen LogP contribution in [0.3, 0.4) is 0 Å². The number of ether oxygens (including phenoxy) is 2. The standard InChI is InChI=1S/C22H34N2O5S/c1-2-3-16-30(26,27)24-13-11-18(12-14-24)22(25)23-20-9-4-5-10-21(20)29-17-19-8-6-7-15-28-19/h4-5,9-10,18-19H,2-3,6-8,11-17H2,1H3,(H,23,25). The first kappa shape index (κ1) is 23.0. The van der Waals surface area contributed by atoms with Crippen LogP contribution >= 0.6 is 0 Å². The van der Waals surface area contributed by atoms with Gasteiger partial charge >= 0.3 is 0 Å². The summed E-state index contributed by atoms with van der Waals surface area (Å²) in [7, 11) is -3.21. The zero-order valence-corrected chi connectivity index (χ0v) is 18.7. The zero-order chi connectivity index (χ0) is 21.4. The van der Waals surface area contributed by atoms with Crippen molar-refractivity contribution in [2.24, 2.45) is 5.92 Å². The number of rotatable bonds is 9. The lowest BCUT2D eigenvalue weighted by Crippen LogP contribution is -2.42. The predicted octanol–water partition coefficient (Wildman–Crippen LogP) is 3.41. The summed E-state index contributed by atoms with van der Waals surface area (Å²) >= 11 is 0. The van der Waals surface area contributed by atoms with Crippen LogP contribution in [0.1, 0.15) is 51.9 Å². The Morgan fingerprint density at radius 2 is 1.97 bits per heavy atom. The average molecular weight is 439 g/mol. The van der Waals surface area contributed by atoms with Gasteiger partial charge < -0.3 is 14.8 Å². The fraction of sp³-hybridized carbons (Fsp3) is 0.682. The van der Waals surface area contributed by atoms with Crippen LogP contribution in [0.15, 0.2) is 24.3 Å². The van der Waals surface area contributed by atoms with Crippen LogP contribution in [0.2, 0.25) is 0 Å². The summed E-state index contributed by atoms with van der Waals surface area (Å²) in [6.07, 6.45) is 5.95. The average Bonchev–Trinajstić information content (AvgIpc) is 2.78. The van der Waals surface area contributed by atoms with E-state index in [2.05, 4.69) is 5.32 Å². The topological polar surface area (TPSA) is 84.9 Å². The number of unbranched alkanes of at least 4 members (excludes halogenated alkanes) is 1. The van der Waals surface area contributed by atoms with E-state index >= 15 is 0 Å². The van der Waals surface area contributed by atoms with Crippen LogP contribution in [0.25, 0.3) is 0 Å². The third-order valence-corrected chi connectivity index (χ3v) is 7.77. The lowest BCUT2D eigenvalue weighted by Gasteiger charge is -2.30. The van der Waals surface area contributed by atoms with E-state index in [9.17, 15) is 13.2 Å². The predicted molar refractivity (Wildman–Crippen MR) is 117 cm³/mol. The molecule has 1 aromatic rings. The molecule has 2 aliphatic heterocycles. The van der Waals surface area contributed by atoms with E-state index in [0.717, 1.165) is 32.3 Å². The maximum atomic E-state index is 12.8. The van der Waals surface area contributed by atoms with Gasteiger partial charge in [-0.15, -0.1) is 0 Å². The van der Waals surface area contributed by atoms with Crippen molar-refractivity contribution in [1.82, 2.24) is 4.31 Å². The van der Waals surface area contributed by atoms with Crippen LogP contribution < -0.4 is 10.1 Å². The summed E-state index contributed by atoms with van der Waals surface area (Å²) in [5.74, 6) is 0.554. The Morgan fingerprint density at radius 1 is 1.20 bits per heavy atom. The minimum Gasteiger partial charge on any atom is -0.489 e. The number of hydrogen-bond acceptors (Lipinski definition) is 5. The zero-order valence-electron chi connectivity index (χ0n) is 17.8. The van der Waals surface area contributed by atoms with Crippen molar-refractivity contribution in [2.45, 2.75) is 58.0 Å². The number of carbonyl (C=O) groups is 1. The van der Waals surface area contributed by atoms with Gasteiger partial charge in [-0.2, -0.15) is 0 Å². The van der Waals surface area contributed by atoms with Crippen molar-refractivity contribution in [3.05, 3.63) is 24.3 Å². The third kappa shape index (κ3) is 6.43. The molecule has 2 aliphatic rings. The van der Waals surface area contributed by atoms with Gasteiger partial charge in [0.25, 0.3) is 0 Å². The highest BCUT2D eigenvalue weighted by Gasteiger charge is 2.31. The highest BCUT2D eigenvalue weighted by atomic mass is 32.2. The highest BCUT2D eigenvalue weighted by molar-refractivity contribution is 7.89. The molecule has 3 rings (SSSR count). The van der Waals surface area contributed by atoms with Crippen LogP contribution in [-0.2, 0) is 19.6 Å². The SMILES string of the molecule is CCCCS(=O)(=O)N1CCC(C(=O)Nc2ccccc2OCC2CCCCO2)CC1. The first-order valence-electron chi connectivity index (χ1n) is 11.1. The molecule has 1 aromatic carbocycles. The first-order valence-corrected chi connectivity index (χ1v) is 12.7. The molecule has 2 heterocycles. The summed E-state index contributed by atoms with van der Waals surface area (Å²) < 4.78 is 37.9. The fourth-order valence-electron chi connectivity index (χ4n) is 3.90. The monoisotopic (exact) mass is 438 g/mol. The van der Waals surface area contributed by atoms with Crippen molar-refractivity contribution in [3.8, 4) is 5.75 Å². The number of amides is 1. The smallest absolute Gasteiger partial charge is 0.227 e. The van der Waals surface area contributed by atoms with Gasteiger partial charge in [0.05, 0.1) is 17.5 Å². The molecule has 0 spiro atoms. The normalized spacial score (nSPS) is 21.3. The van der Waals surface area contributed by atoms with Gasteiger partial charge in [0, 0.05) is 25.6 Å². The van der Waals surface area contributed by atoms with Crippen LogP contribution in [-0.4, -0.2) is 56.8 Å². The Bertz CT molecular complexity index is 784. The Kier molecular flexibility index (Phi) is 8.53. The van der Waals surface area contributed by atoms with Gasteiger partial charge in [0.2, 0.25) is 15.9 Å². The van der Waals surface area contributed by atoms with E-state index < -0.39 is 10.0 Å². The number of benzene rings is 1. The number of piperidine rings is 1. The largest absolute Gasteiger partial charge is 0.489 e. The molecule has 0 aliphatic carbocycles. The quantitative estimate of drug-likeness (QED) is 0.639. The van der Waals surface area contributed by atoms with Gasteiger partial charge in [0.1, 0.15) is 12.4 Å². The molecule has 2 fully saturated rings. The summed E-state index contributed by atoms with van der Waals surface area (Å²) in [5, 5.41) is 2.98. The molecule has 2 saturated heterocycles. The molecule has 1 atom stereocenters. The molecule has 0 radical (unpaired) electrons. The minimum absolute atomic E-state index is 0.0782. The van der Waals surface area contributed by atoms with E-state index in [1.165, 1.54) is 4.31 Å². The number of nitrogens with zero attached hydrogens (tertiary/aromatic N) is 1. The van der Waals surface area contributed by atoms with Gasteiger partial charge in [-0.1, -0.05) is 25.5 Å². The van der Waals surface area contributed by atoms with Crippen LogP contribution in [0.5, 0.6) is 5.75 Å². The molecule has 168 valence electrons. The summed E-state index contributed by atoms with van der Waals surface area (Å²) in [6.45, 7) is 4.04. The Balaban J connectivity index is 1.51. The van der Waals surface area contributed by atoms with Crippen molar-refractivity contribution in [2.75, 3.05) is 37.4 Å². The number of anilines is 1. The van der Waals surface area contributed by atoms with E-state index in [-0.39, 0.29) is 23.7 Å². The van der Waals surface area contributed by atoms with E-state index in [0.29, 0.717) is 50.4 Å².